The second-order valence-electron chi connectivity index (χ2n) is 4.08. The van der Waals surface area contributed by atoms with E-state index >= 15 is 0 Å². The average molecular weight is 179 g/mol. The molecule has 3 nitrogen and oxygen atoms in total. The molecule has 0 aliphatic rings. The van der Waals surface area contributed by atoms with Gasteiger partial charge < -0.3 is 9.92 Å². The molecule has 0 fully saturated rings. The van der Waals surface area contributed by atoms with Gasteiger partial charge in [-0.3, -0.25) is 4.79 Å². The lowest BCUT2D eigenvalue weighted by molar-refractivity contribution is -0.137. The van der Waals surface area contributed by atoms with Crippen LogP contribution in [0.1, 0.15) is 33.6 Å². The Bertz CT molecular complexity index is 179. The lowest BCUT2D eigenvalue weighted by Gasteiger charge is -2.38. The fraction of sp³-hybridized carbons (Fsp3) is 0.875. The van der Waals surface area contributed by atoms with Crippen molar-refractivity contribution in [3.63, 3.8) is 0 Å². The van der Waals surface area contributed by atoms with Gasteiger partial charge in [-0.05, 0) is 33.1 Å². The third-order valence-corrected chi connectivity index (χ3v) is 1.79. The summed E-state index contributed by atoms with van der Waals surface area (Å²) in [6.45, 7) is 5.77. The minimum absolute atomic E-state index is 0.0466. The highest BCUT2D eigenvalue weighted by Crippen LogP contribution is 2.14. The van der Waals surface area contributed by atoms with Crippen molar-refractivity contribution in [1.29, 1.82) is 0 Å². The van der Waals surface area contributed by atoms with Gasteiger partial charge in [-0.25, -0.2) is 0 Å². The molecule has 0 aliphatic heterocycles. The fourth-order valence-electron chi connectivity index (χ4n) is 0.908. The van der Waals surface area contributed by atoms with Crippen LogP contribution in [-0.4, -0.2) is 43.2 Å². The summed E-state index contributed by atoms with van der Waals surface area (Å²) < 4.78 is 0. The highest BCUT2D eigenvalue weighted by molar-refractivity contribution is 6.16. The van der Waals surface area contributed by atoms with Crippen molar-refractivity contribution in [3.05, 3.63) is 0 Å². The Morgan fingerprint density at radius 1 is 1.54 bits per heavy atom. The maximum atomic E-state index is 10.3. The molecule has 5 heteroatoms. The van der Waals surface area contributed by atoms with Crippen molar-refractivity contribution in [2.45, 2.75) is 45.1 Å². The summed E-state index contributed by atoms with van der Waals surface area (Å²) >= 11 is 0. The van der Waals surface area contributed by atoms with Gasteiger partial charge in [0.15, 0.2) is 7.98 Å². The number of carboxylic acids is 1. The molecule has 0 saturated carbocycles. The third-order valence-electron chi connectivity index (χ3n) is 1.79. The number of carboxylic acid groups (broad SMARTS) is 1. The molecule has 70 valence electrons. The van der Waals surface area contributed by atoms with Crippen LogP contribution in [0.15, 0.2) is 0 Å². The van der Waals surface area contributed by atoms with Crippen LogP contribution in [0.2, 0.25) is 0 Å². The second kappa shape index (κ2) is 4.70. The molecule has 13 heavy (non-hydrogen) atoms. The van der Waals surface area contributed by atoms with Crippen molar-refractivity contribution >= 4 is 21.8 Å². The minimum Gasteiger partial charge on any atom is -0.481 e. The first-order valence-corrected chi connectivity index (χ1v) is 4.26. The van der Waals surface area contributed by atoms with Gasteiger partial charge in [0, 0.05) is 12.0 Å². The lowest BCUT2D eigenvalue weighted by atomic mass is 9.83. The monoisotopic (exact) mass is 179 g/mol. The molecule has 0 heterocycles. The lowest BCUT2D eigenvalue weighted by Crippen LogP contribution is -2.46. The highest BCUT2D eigenvalue weighted by atomic mass is 16.4. The van der Waals surface area contributed by atoms with Gasteiger partial charge in [-0.1, -0.05) is 0 Å². The summed E-state index contributed by atoms with van der Waals surface area (Å²) in [6.07, 6.45) is 0.411. The first kappa shape index (κ1) is 12.6. The molecule has 0 rings (SSSR count). The van der Waals surface area contributed by atoms with Gasteiger partial charge in [0.25, 0.3) is 0 Å². The Morgan fingerprint density at radius 2 is 2.00 bits per heavy atom. The quantitative estimate of drug-likeness (QED) is 0.639. The molecule has 1 N–H and O–H groups in total. The standard InChI is InChI=1S/C8H15B2NO2/c1-8(2,3)11(10)6(9)4-5-7(12)13/h6H,4-5H2,1-3H3,(H,12,13). The molecule has 0 bridgehead atoms. The van der Waals surface area contributed by atoms with Crippen LogP contribution in [0, 0.1) is 0 Å². The molecule has 0 spiro atoms. The van der Waals surface area contributed by atoms with E-state index in [1.807, 2.05) is 20.8 Å². The maximum absolute atomic E-state index is 10.3. The molecule has 1 unspecified atom stereocenters. The molecule has 0 aromatic carbocycles. The Morgan fingerprint density at radius 3 is 2.31 bits per heavy atom. The summed E-state index contributed by atoms with van der Waals surface area (Å²) in [5, 5.41) is 8.43. The number of nitrogens with zero attached hydrogens (tertiary/aromatic N) is 1. The van der Waals surface area contributed by atoms with Crippen molar-refractivity contribution in [2.24, 2.45) is 0 Å². The van der Waals surface area contributed by atoms with Crippen LogP contribution in [0.5, 0.6) is 0 Å². The average Bonchev–Trinajstić information content (AvgIpc) is 1.96. The van der Waals surface area contributed by atoms with E-state index in [2.05, 4.69) is 0 Å². The Kier molecular flexibility index (Phi) is 4.54. The van der Waals surface area contributed by atoms with Crippen LogP contribution in [0.3, 0.4) is 0 Å². The predicted molar refractivity (Wildman–Crippen MR) is 53.8 cm³/mol. The van der Waals surface area contributed by atoms with E-state index < -0.39 is 11.9 Å². The van der Waals surface area contributed by atoms with E-state index in [1.165, 1.54) is 4.81 Å². The number of aliphatic carboxylic acids is 1. The summed E-state index contributed by atoms with van der Waals surface area (Å²) in [6, 6.07) is 0. The zero-order valence-corrected chi connectivity index (χ0v) is 8.45. The van der Waals surface area contributed by atoms with Crippen LogP contribution >= 0.6 is 0 Å². The molecule has 0 aromatic heterocycles. The summed E-state index contributed by atoms with van der Waals surface area (Å²) in [5.74, 6) is -1.26. The number of carbonyl (C=O) groups is 1. The zero-order valence-electron chi connectivity index (χ0n) is 8.45. The second-order valence-corrected chi connectivity index (χ2v) is 4.08. The van der Waals surface area contributed by atoms with E-state index in [4.69, 9.17) is 20.9 Å². The molecule has 0 aliphatic carbocycles. The summed E-state index contributed by atoms with van der Waals surface area (Å²) in [5.41, 5.74) is -0.238. The van der Waals surface area contributed by atoms with Crippen LogP contribution < -0.4 is 0 Å². The van der Waals surface area contributed by atoms with Crippen molar-refractivity contribution in [2.75, 3.05) is 0 Å². The van der Waals surface area contributed by atoms with E-state index in [0.717, 1.165) is 0 Å². The van der Waals surface area contributed by atoms with Crippen molar-refractivity contribution in [1.82, 2.24) is 4.81 Å². The van der Waals surface area contributed by atoms with Gasteiger partial charge in [-0.15, -0.1) is 0 Å². The van der Waals surface area contributed by atoms with E-state index in [9.17, 15) is 4.79 Å². The topological polar surface area (TPSA) is 40.5 Å². The summed E-state index contributed by atoms with van der Waals surface area (Å²) in [7, 11) is 11.4. The number of hydrogen-bond donors (Lipinski definition) is 1. The molecular formula is C8H15B2NO2. The zero-order chi connectivity index (χ0) is 10.6. The molecule has 0 amide bonds. The Hall–Kier alpha value is -0.440. The molecular weight excluding hydrogens is 164 g/mol. The third kappa shape index (κ3) is 4.98. The van der Waals surface area contributed by atoms with Crippen LogP contribution in [0.4, 0.5) is 0 Å². The van der Waals surface area contributed by atoms with Crippen LogP contribution in [0.25, 0.3) is 0 Å². The maximum Gasteiger partial charge on any atom is 0.303 e. The molecule has 0 saturated heterocycles. The van der Waals surface area contributed by atoms with Gasteiger partial charge in [0.1, 0.15) is 0 Å². The van der Waals surface area contributed by atoms with Gasteiger partial charge in [0.2, 0.25) is 0 Å². The molecule has 0 aromatic rings. The van der Waals surface area contributed by atoms with Gasteiger partial charge in [-0.2, -0.15) is 0 Å². The van der Waals surface area contributed by atoms with Crippen molar-refractivity contribution in [3.8, 4) is 0 Å². The molecule has 4 radical (unpaired) electrons. The smallest absolute Gasteiger partial charge is 0.303 e. The van der Waals surface area contributed by atoms with E-state index in [0.29, 0.717) is 6.42 Å². The largest absolute Gasteiger partial charge is 0.481 e. The highest BCUT2D eigenvalue weighted by Gasteiger charge is 2.21. The van der Waals surface area contributed by atoms with E-state index in [1.54, 1.807) is 0 Å². The number of rotatable bonds is 4. The SMILES string of the molecule is [B]C(CCC(=O)O)N([B])C(C)(C)C. The van der Waals surface area contributed by atoms with Gasteiger partial charge in [0.05, 0.1) is 7.85 Å². The first-order valence-electron chi connectivity index (χ1n) is 4.26. The van der Waals surface area contributed by atoms with Crippen LogP contribution in [-0.2, 0) is 4.79 Å². The van der Waals surface area contributed by atoms with Gasteiger partial charge >= 0.3 is 5.97 Å². The summed E-state index contributed by atoms with van der Waals surface area (Å²) in [4.78, 5) is 11.7. The van der Waals surface area contributed by atoms with E-state index in [-0.39, 0.29) is 12.0 Å². The van der Waals surface area contributed by atoms with Crippen molar-refractivity contribution < 1.29 is 9.90 Å². The Labute approximate surface area is 82.3 Å². The molecule has 1 atom stereocenters. The predicted octanol–water partition coefficient (Wildman–Crippen LogP) is 0.530. The minimum atomic E-state index is -0.849. The number of hydrogen-bond acceptors (Lipinski definition) is 2. The first-order chi connectivity index (χ1) is 5.75. The fourth-order valence-corrected chi connectivity index (χ4v) is 0.908. The Balaban J connectivity index is 3.97. The normalized spacial score (nSPS) is 14.5.